The fourth-order valence-corrected chi connectivity index (χ4v) is 2.31. The molecule has 0 aliphatic heterocycles. The summed E-state index contributed by atoms with van der Waals surface area (Å²) >= 11 is 0. The van der Waals surface area contributed by atoms with Crippen molar-refractivity contribution < 1.29 is 9.21 Å². The minimum absolute atomic E-state index is 0.218. The molecule has 3 heteroatoms. The third-order valence-corrected chi connectivity index (χ3v) is 3.40. The summed E-state index contributed by atoms with van der Waals surface area (Å²) in [5.74, 6) is 0.155. The Balaban J connectivity index is 2.00. The van der Waals surface area contributed by atoms with Crippen molar-refractivity contribution in [2.75, 3.05) is 5.32 Å². The van der Waals surface area contributed by atoms with Crippen LogP contribution < -0.4 is 5.32 Å². The Bertz CT molecular complexity index is 772. The van der Waals surface area contributed by atoms with Crippen LogP contribution in [0.5, 0.6) is 0 Å². The molecule has 0 aliphatic rings. The molecular formula is C17H15NO2. The fraction of sp³-hybridized carbons (Fsp3) is 0.118. The Morgan fingerprint density at radius 2 is 1.75 bits per heavy atom. The van der Waals surface area contributed by atoms with Crippen LogP contribution in [0.4, 0.5) is 5.69 Å². The first-order chi connectivity index (χ1) is 9.66. The summed E-state index contributed by atoms with van der Waals surface area (Å²) in [6.07, 6.45) is 0. The van der Waals surface area contributed by atoms with Gasteiger partial charge in [0.1, 0.15) is 5.58 Å². The van der Waals surface area contributed by atoms with E-state index in [0.717, 1.165) is 27.8 Å². The van der Waals surface area contributed by atoms with Crippen LogP contribution in [0.15, 0.2) is 52.9 Å². The van der Waals surface area contributed by atoms with Gasteiger partial charge in [0.05, 0.1) is 0 Å². The maximum absolute atomic E-state index is 12.3. The summed E-state index contributed by atoms with van der Waals surface area (Å²) in [5, 5.41) is 3.84. The number of hydrogen-bond donors (Lipinski definition) is 1. The summed E-state index contributed by atoms with van der Waals surface area (Å²) < 4.78 is 5.75. The SMILES string of the molecule is Cc1c(C(=O)Nc2ccccc2)oc2c(C)cccc12. The number of rotatable bonds is 2. The number of hydrogen-bond acceptors (Lipinski definition) is 2. The summed E-state index contributed by atoms with van der Waals surface area (Å²) in [6, 6.07) is 15.3. The van der Waals surface area contributed by atoms with Gasteiger partial charge in [0.25, 0.3) is 5.91 Å². The number of benzene rings is 2. The lowest BCUT2D eigenvalue weighted by Gasteiger charge is -2.02. The second kappa shape index (κ2) is 4.85. The van der Waals surface area contributed by atoms with Crippen molar-refractivity contribution in [1.29, 1.82) is 0 Å². The number of para-hydroxylation sites is 2. The van der Waals surface area contributed by atoms with E-state index in [0.29, 0.717) is 5.76 Å². The second-order valence-corrected chi connectivity index (χ2v) is 4.83. The Kier molecular flexibility index (Phi) is 3.03. The molecule has 0 spiro atoms. The molecule has 0 saturated carbocycles. The van der Waals surface area contributed by atoms with E-state index in [9.17, 15) is 4.79 Å². The molecule has 3 nitrogen and oxygen atoms in total. The molecule has 0 unspecified atom stereocenters. The fourth-order valence-electron chi connectivity index (χ4n) is 2.31. The van der Waals surface area contributed by atoms with Crippen LogP contribution in [0.1, 0.15) is 21.7 Å². The lowest BCUT2D eigenvalue weighted by Crippen LogP contribution is -2.11. The van der Waals surface area contributed by atoms with E-state index in [4.69, 9.17) is 4.42 Å². The Morgan fingerprint density at radius 1 is 1.00 bits per heavy atom. The number of furan rings is 1. The van der Waals surface area contributed by atoms with Gasteiger partial charge < -0.3 is 9.73 Å². The van der Waals surface area contributed by atoms with E-state index < -0.39 is 0 Å². The van der Waals surface area contributed by atoms with Crippen LogP contribution in [0.25, 0.3) is 11.0 Å². The molecule has 1 N–H and O–H groups in total. The van der Waals surface area contributed by atoms with Gasteiger partial charge >= 0.3 is 0 Å². The average Bonchev–Trinajstić information content (AvgIpc) is 2.79. The topological polar surface area (TPSA) is 42.2 Å². The highest BCUT2D eigenvalue weighted by molar-refractivity contribution is 6.06. The van der Waals surface area contributed by atoms with Crippen molar-refractivity contribution in [1.82, 2.24) is 0 Å². The second-order valence-electron chi connectivity index (χ2n) is 4.83. The van der Waals surface area contributed by atoms with Crippen LogP contribution in [-0.4, -0.2) is 5.91 Å². The molecule has 100 valence electrons. The number of nitrogens with one attached hydrogen (secondary N) is 1. The van der Waals surface area contributed by atoms with Gasteiger partial charge in [-0.05, 0) is 31.5 Å². The molecule has 3 rings (SSSR count). The molecule has 2 aromatic carbocycles. The Hall–Kier alpha value is -2.55. The Morgan fingerprint density at radius 3 is 2.45 bits per heavy atom. The predicted octanol–water partition coefficient (Wildman–Crippen LogP) is 4.30. The van der Waals surface area contributed by atoms with E-state index >= 15 is 0 Å². The van der Waals surface area contributed by atoms with Crippen LogP contribution in [-0.2, 0) is 0 Å². The number of carbonyl (C=O) groups excluding carboxylic acids is 1. The number of aryl methyl sites for hydroxylation is 2. The van der Waals surface area contributed by atoms with E-state index in [1.165, 1.54) is 0 Å². The van der Waals surface area contributed by atoms with Gasteiger partial charge in [-0.25, -0.2) is 0 Å². The highest BCUT2D eigenvalue weighted by Crippen LogP contribution is 2.28. The summed E-state index contributed by atoms with van der Waals surface area (Å²) in [6.45, 7) is 3.88. The maximum atomic E-state index is 12.3. The smallest absolute Gasteiger partial charge is 0.291 e. The summed E-state index contributed by atoms with van der Waals surface area (Å²) in [7, 11) is 0. The molecule has 20 heavy (non-hydrogen) atoms. The zero-order valence-electron chi connectivity index (χ0n) is 11.4. The van der Waals surface area contributed by atoms with E-state index in [-0.39, 0.29) is 5.91 Å². The van der Waals surface area contributed by atoms with Crippen molar-refractivity contribution in [3.8, 4) is 0 Å². The molecule has 0 saturated heterocycles. The minimum Gasteiger partial charge on any atom is -0.450 e. The van der Waals surface area contributed by atoms with Gasteiger partial charge in [-0.2, -0.15) is 0 Å². The molecule has 1 heterocycles. The first kappa shape index (κ1) is 12.5. The van der Waals surface area contributed by atoms with Crippen LogP contribution in [0, 0.1) is 13.8 Å². The normalized spacial score (nSPS) is 10.7. The van der Waals surface area contributed by atoms with Crippen molar-refractivity contribution in [2.24, 2.45) is 0 Å². The van der Waals surface area contributed by atoms with Gasteiger partial charge in [0.15, 0.2) is 5.76 Å². The standard InChI is InChI=1S/C17H15NO2/c1-11-7-6-10-14-12(2)16(20-15(11)14)17(19)18-13-8-4-3-5-9-13/h3-10H,1-2H3,(H,18,19). The molecular weight excluding hydrogens is 250 g/mol. The zero-order valence-corrected chi connectivity index (χ0v) is 11.4. The van der Waals surface area contributed by atoms with Crippen LogP contribution in [0.2, 0.25) is 0 Å². The van der Waals surface area contributed by atoms with Gasteiger partial charge in [-0.1, -0.05) is 36.4 Å². The third kappa shape index (κ3) is 2.07. The first-order valence-corrected chi connectivity index (χ1v) is 6.52. The lowest BCUT2D eigenvalue weighted by molar-refractivity contribution is 0.0998. The molecule has 0 aliphatic carbocycles. The summed E-state index contributed by atoms with van der Waals surface area (Å²) in [4.78, 5) is 12.3. The molecule has 1 amide bonds. The van der Waals surface area contributed by atoms with Gasteiger partial charge in [0, 0.05) is 16.6 Å². The quantitative estimate of drug-likeness (QED) is 0.750. The van der Waals surface area contributed by atoms with Crippen molar-refractivity contribution in [3.63, 3.8) is 0 Å². The van der Waals surface area contributed by atoms with E-state index in [2.05, 4.69) is 5.32 Å². The number of anilines is 1. The van der Waals surface area contributed by atoms with E-state index in [1.54, 1.807) is 0 Å². The van der Waals surface area contributed by atoms with Gasteiger partial charge in [0.2, 0.25) is 0 Å². The lowest BCUT2D eigenvalue weighted by atomic mass is 10.1. The molecule has 0 radical (unpaired) electrons. The summed E-state index contributed by atoms with van der Waals surface area (Å²) in [5.41, 5.74) is 3.44. The molecule has 3 aromatic rings. The van der Waals surface area contributed by atoms with Gasteiger partial charge in [-0.3, -0.25) is 4.79 Å². The van der Waals surface area contributed by atoms with Gasteiger partial charge in [-0.15, -0.1) is 0 Å². The molecule has 0 fully saturated rings. The Labute approximate surface area is 117 Å². The van der Waals surface area contributed by atoms with Crippen LogP contribution in [0.3, 0.4) is 0 Å². The minimum atomic E-state index is -0.218. The zero-order chi connectivity index (χ0) is 14.1. The molecule has 0 atom stereocenters. The van der Waals surface area contributed by atoms with Crippen molar-refractivity contribution in [3.05, 3.63) is 65.4 Å². The number of carbonyl (C=O) groups is 1. The maximum Gasteiger partial charge on any atom is 0.291 e. The number of amides is 1. The third-order valence-electron chi connectivity index (χ3n) is 3.40. The van der Waals surface area contributed by atoms with Crippen molar-refractivity contribution in [2.45, 2.75) is 13.8 Å². The van der Waals surface area contributed by atoms with Crippen molar-refractivity contribution >= 4 is 22.6 Å². The molecule has 1 aromatic heterocycles. The monoisotopic (exact) mass is 265 g/mol. The largest absolute Gasteiger partial charge is 0.450 e. The highest BCUT2D eigenvalue weighted by atomic mass is 16.3. The highest BCUT2D eigenvalue weighted by Gasteiger charge is 2.18. The average molecular weight is 265 g/mol. The van der Waals surface area contributed by atoms with Crippen LogP contribution >= 0.6 is 0 Å². The van der Waals surface area contributed by atoms with E-state index in [1.807, 2.05) is 62.4 Å². The predicted molar refractivity (Wildman–Crippen MR) is 80.1 cm³/mol. The number of fused-ring (bicyclic) bond motifs is 1. The molecule has 0 bridgehead atoms. The first-order valence-electron chi connectivity index (χ1n) is 6.52.